The molecule has 0 radical (unpaired) electrons. The lowest BCUT2D eigenvalue weighted by atomic mass is 10.1. The zero-order valence-corrected chi connectivity index (χ0v) is 23.7. The molecule has 38 heavy (non-hydrogen) atoms. The van der Waals surface area contributed by atoms with E-state index in [9.17, 15) is 4.79 Å². The van der Waals surface area contributed by atoms with Crippen LogP contribution in [0.25, 0.3) is 5.03 Å². The highest BCUT2D eigenvalue weighted by Crippen LogP contribution is 2.27. The molecule has 0 atom stereocenters. The topological polar surface area (TPSA) is 44.8 Å². The second-order valence-corrected chi connectivity index (χ2v) is 9.00. The number of benzene rings is 2. The summed E-state index contributed by atoms with van der Waals surface area (Å²) in [6, 6.07) is 13.8. The SMILES string of the molecule is C=C(/C=C(/Cl)c1ccccc1C)COC1=CC=CCC(OCc2cccc(C)c2OCC(C)=C=O)=C1.CC. The van der Waals surface area contributed by atoms with Crippen LogP contribution in [0.1, 0.15) is 49.4 Å². The predicted molar refractivity (Wildman–Crippen MR) is 158 cm³/mol. The molecule has 0 spiro atoms. The molecule has 2 aromatic rings. The maximum Gasteiger partial charge on any atom is 0.129 e. The van der Waals surface area contributed by atoms with Gasteiger partial charge in [0.15, 0.2) is 0 Å². The van der Waals surface area contributed by atoms with Crippen LogP contribution < -0.4 is 4.74 Å². The standard InChI is InChI=1S/C31H31ClO4.C2H6/c1-22(16-30(32)29-15-8-5-10-24(29)3)19-34-27-13-6-7-14-28(17-27)35-21-26-12-9-11-25(4)31(26)36-20-23(2)18-33;1-2/h5-13,15-17H,1,14,19-21H2,2-4H3;1-2H3/b30-16+;. The van der Waals surface area contributed by atoms with Gasteiger partial charge in [-0.3, -0.25) is 0 Å². The van der Waals surface area contributed by atoms with Crippen molar-refractivity contribution in [1.82, 2.24) is 0 Å². The molecule has 2 aromatic carbocycles. The fourth-order valence-corrected chi connectivity index (χ4v) is 3.90. The van der Waals surface area contributed by atoms with Crippen molar-refractivity contribution in [3.05, 3.63) is 124 Å². The molecule has 0 amide bonds. The molecule has 4 nitrogen and oxygen atoms in total. The van der Waals surface area contributed by atoms with Crippen LogP contribution in [0.4, 0.5) is 0 Å². The monoisotopic (exact) mass is 532 g/mol. The van der Waals surface area contributed by atoms with Crippen molar-refractivity contribution in [2.24, 2.45) is 0 Å². The lowest BCUT2D eigenvalue weighted by Crippen LogP contribution is -2.05. The fourth-order valence-electron chi connectivity index (χ4n) is 3.53. The molecule has 1 aliphatic rings. The minimum atomic E-state index is 0.194. The van der Waals surface area contributed by atoms with Gasteiger partial charge in [-0.2, -0.15) is 0 Å². The van der Waals surface area contributed by atoms with Gasteiger partial charge in [-0.25, -0.2) is 4.79 Å². The molecule has 0 fully saturated rings. The summed E-state index contributed by atoms with van der Waals surface area (Å²) in [7, 11) is 0. The summed E-state index contributed by atoms with van der Waals surface area (Å²) in [5.74, 6) is 4.03. The average molecular weight is 533 g/mol. The van der Waals surface area contributed by atoms with E-state index in [1.54, 1.807) is 6.92 Å². The van der Waals surface area contributed by atoms with Gasteiger partial charge in [0.1, 0.15) is 43.0 Å². The smallest absolute Gasteiger partial charge is 0.129 e. The normalized spacial score (nSPS) is 12.6. The fraction of sp³-hybridized carbons (Fsp3) is 0.273. The van der Waals surface area contributed by atoms with E-state index < -0.39 is 0 Å². The molecule has 0 aromatic heterocycles. The maximum atomic E-state index is 10.8. The number of allylic oxidation sites excluding steroid dienone is 4. The molecular formula is C33H37ClO4. The number of ether oxygens (including phenoxy) is 3. The molecule has 200 valence electrons. The van der Waals surface area contributed by atoms with Crippen molar-refractivity contribution in [3.63, 3.8) is 0 Å². The number of halogens is 1. The van der Waals surface area contributed by atoms with Crippen molar-refractivity contribution in [2.45, 2.75) is 47.6 Å². The first-order chi connectivity index (χ1) is 18.4. The van der Waals surface area contributed by atoms with Crippen LogP contribution in [0.2, 0.25) is 0 Å². The van der Waals surface area contributed by atoms with Gasteiger partial charge < -0.3 is 14.2 Å². The van der Waals surface area contributed by atoms with Crippen LogP contribution in [-0.4, -0.2) is 19.2 Å². The highest BCUT2D eigenvalue weighted by Gasteiger charge is 2.11. The van der Waals surface area contributed by atoms with E-state index in [0.29, 0.717) is 36.0 Å². The van der Waals surface area contributed by atoms with Crippen molar-refractivity contribution in [3.8, 4) is 5.75 Å². The van der Waals surface area contributed by atoms with Gasteiger partial charge in [-0.05, 0) is 55.2 Å². The van der Waals surface area contributed by atoms with E-state index in [1.165, 1.54) is 0 Å². The third-order valence-electron chi connectivity index (χ3n) is 5.49. The summed E-state index contributed by atoms with van der Waals surface area (Å²) in [6.45, 7) is 14.6. The second kappa shape index (κ2) is 16.2. The number of carbonyl (C=O) groups excluding carboxylic acids is 1. The molecule has 0 saturated heterocycles. The number of rotatable bonds is 11. The zero-order valence-electron chi connectivity index (χ0n) is 23.0. The Bertz CT molecular complexity index is 1270. The van der Waals surface area contributed by atoms with Crippen molar-refractivity contribution in [1.29, 1.82) is 0 Å². The number of hydrogen-bond donors (Lipinski definition) is 0. The average Bonchev–Trinajstić information content (AvgIpc) is 3.16. The Balaban J connectivity index is 0.00000247. The molecule has 0 unspecified atom stereocenters. The van der Waals surface area contributed by atoms with Crippen molar-refractivity contribution in [2.75, 3.05) is 13.2 Å². The second-order valence-electron chi connectivity index (χ2n) is 8.59. The van der Waals surface area contributed by atoms with E-state index in [-0.39, 0.29) is 6.61 Å². The third-order valence-corrected chi connectivity index (χ3v) is 5.80. The highest BCUT2D eigenvalue weighted by molar-refractivity contribution is 6.49. The van der Waals surface area contributed by atoms with E-state index in [1.807, 2.05) is 106 Å². The Morgan fingerprint density at radius 1 is 1.03 bits per heavy atom. The third kappa shape index (κ3) is 9.63. The molecule has 5 heteroatoms. The van der Waals surface area contributed by atoms with Crippen LogP contribution >= 0.6 is 11.6 Å². The van der Waals surface area contributed by atoms with Gasteiger partial charge >= 0.3 is 0 Å². The number of para-hydroxylation sites is 1. The lowest BCUT2D eigenvalue weighted by Gasteiger charge is -2.16. The minimum absolute atomic E-state index is 0.194. The quantitative estimate of drug-likeness (QED) is 0.215. The Morgan fingerprint density at radius 3 is 2.50 bits per heavy atom. The van der Waals surface area contributed by atoms with Gasteiger partial charge in [-0.15, -0.1) is 0 Å². The van der Waals surface area contributed by atoms with E-state index in [0.717, 1.165) is 39.3 Å². The summed E-state index contributed by atoms with van der Waals surface area (Å²) in [5.41, 5.74) is 5.22. The highest BCUT2D eigenvalue weighted by atomic mass is 35.5. The molecule has 3 rings (SSSR count). The zero-order chi connectivity index (χ0) is 27.9. The predicted octanol–water partition coefficient (Wildman–Crippen LogP) is 8.58. The molecule has 0 bridgehead atoms. The van der Waals surface area contributed by atoms with E-state index in [4.69, 9.17) is 25.8 Å². The number of aryl methyl sites for hydroxylation is 2. The van der Waals surface area contributed by atoms with E-state index >= 15 is 0 Å². The first-order valence-corrected chi connectivity index (χ1v) is 13.1. The summed E-state index contributed by atoms with van der Waals surface area (Å²) in [4.78, 5) is 10.8. The van der Waals surface area contributed by atoms with Gasteiger partial charge in [0.05, 0.1) is 0 Å². The largest absolute Gasteiger partial charge is 0.493 e. The minimum Gasteiger partial charge on any atom is -0.493 e. The van der Waals surface area contributed by atoms with E-state index in [2.05, 4.69) is 6.58 Å². The number of hydrogen-bond acceptors (Lipinski definition) is 4. The van der Waals surface area contributed by atoms with Gasteiger partial charge in [-0.1, -0.05) is 86.6 Å². The first-order valence-electron chi connectivity index (χ1n) is 12.7. The lowest BCUT2D eigenvalue weighted by molar-refractivity contribution is 0.185. The van der Waals surface area contributed by atoms with Crippen molar-refractivity contribution >= 4 is 22.6 Å². The summed E-state index contributed by atoms with van der Waals surface area (Å²) >= 11 is 6.50. The van der Waals surface area contributed by atoms with Crippen LogP contribution in [0.15, 0.2) is 102 Å². The van der Waals surface area contributed by atoms with Crippen LogP contribution in [0.5, 0.6) is 5.75 Å². The Labute approximate surface area is 232 Å². The molecule has 0 saturated carbocycles. The van der Waals surface area contributed by atoms with Crippen LogP contribution in [0, 0.1) is 13.8 Å². The molecular weight excluding hydrogens is 496 g/mol. The summed E-state index contributed by atoms with van der Waals surface area (Å²) in [5, 5.41) is 0.631. The van der Waals surface area contributed by atoms with Gasteiger partial charge in [0, 0.05) is 28.7 Å². The Kier molecular flexibility index (Phi) is 13.0. The molecule has 1 aliphatic carbocycles. The van der Waals surface area contributed by atoms with Gasteiger partial charge in [0.2, 0.25) is 0 Å². The molecule has 0 N–H and O–H groups in total. The molecule has 0 aliphatic heterocycles. The first kappa shape index (κ1) is 30.5. The summed E-state index contributed by atoms with van der Waals surface area (Å²) < 4.78 is 18.0. The van der Waals surface area contributed by atoms with Gasteiger partial charge in [0.25, 0.3) is 0 Å². The van der Waals surface area contributed by atoms with Crippen molar-refractivity contribution < 1.29 is 19.0 Å². The van der Waals surface area contributed by atoms with Crippen LogP contribution in [-0.2, 0) is 20.9 Å². The maximum absolute atomic E-state index is 10.8. The van der Waals surface area contributed by atoms with Crippen LogP contribution in [0.3, 0.4) is 0 Å². The Morgan fingerprint density at radius 2 is 1.76 bits per heavy atom. The Hall–Kier alpha value is -3.72. The molecule has 0 heterocycles. The summed E-state index contributed by atoms with van der Waals surface area (Å²) in [6.07, 6.45) is 10.2.